The van der Waals surface area contributed by atoms with Gasteiger partial charge in [-0.1, -0.05) is 18.5 Å². The van der Waals surface area contributed by atoms with Gasteiger partial charge in [-0.25, -0.2) is 4.79 Å². The third-order valence-corrected chi connectivity index (χ3v) is 9.70. The van der Waals surface area contributed by atoms with Crippen molar-refractivity contribution in [1.82, 2.24) is 29.4 Å². The van der Waals surface area contributed by atoms with E-state index in [-0.39, 0.29) is 47.4 Å². The van der Waals surface area contributed by atoms with E-state index in [4.69, 9.17) is 26.1 Å². The summed E-state index contributed by atoms with van der Waals surface area (Å²) in [6.45, 7) is 8.72. The van der Waals surface area contributed by atoms with Crippen LogP contribution in [0.5, 0.6) is 0 Å². The lowest BCUT2D eigenvalue weighted by atomic mass is 10.0. The lowest BCUT2D eigenvalue weighted by Gasteiger charge is -2.38. The molecule has 6 rings (SSSR count). The average molecular weight is 722 g/mol. The lowest BCUT2D eigenvalue weighted by Crippen LogP contribution is -2.52. The number of thiophene rings is 1. The van der Waals surface area contributed by atoms with Crippen LogP contribution < -0.4 is 16.2 Å². The van der Waals surface area contributed by atoms with E-state index in [1.165, 1.54) is 16.2 Å². The molecule has 0 aliphatic carbocycles. The number of benzene rings is 1. The van der Waals surface area contributed by atoms with Crippen molar-refractivity contribution in [2.45, 2.75) is 71.5 Å². The van der Waals surface area contributed by atoms with Gasteiger partial charge in [0.2, 0.25) is 11.7 Å². The first kappa shape index (κ1) is 34.9. The molecule has 2 aliphatic heterocycles. The second-order valence-electron chi connectivity index (χ2n) is 12.7. The van der Waals surface area contributed by atoms with E-state index in [0.29, 0.717) is 25.5 Å². The number of nitrogens with one attached hydrogen (secondary N) is 2. The van der Waals surface area contributed by atoms with Crippen LogP contribution in [0.4, 0.5) is 23.7 Å². The Morgan fingerprint density at radius 1 is 1.22 bits per heavy atom. The number of carbonyl (C=O) groups excluding carboxylic acids is 2. The highest BCUT2D eigenvalue weighted by atomic mass is 35.5. The monoisotopic (exact) mass is 721 g/mol. The fraction of sp³-hybridized carbons (Fsp3) is 0.469. The summed E-state index contributed by atoms with van der Waals surface area (Å²) >= 11 is 7.64. The van der Waals surface area contributed by atoms with Gasteiger partial charge in [0.25, 0.3) is 5.56 Å². The fourth-order valence-electron chi connectivity index (χ4n) is 5.99. The molecule has 0 bridgehead atoms. The molecule has 4 aromatic rings. The SMILES string of the molecule is CCc1c(C2CNCCN2C(=O)OC(C)(C)C)c(=O)n2nc(-c3cc4c(s3)CCOC4)nc2n1CC(=O)Nc1ccc(C(F)(F)F)cc1Cl. The quantitative estimate of drug-likeness (QED) is 0.269. The molecule has 0 spiro atoms. The van der Waals surface area contributed by atoms with Gasteiger partial charge in [0.1, 0.15) is 12.1 Å². The summed E-state index contributed by atoms with van der Waals surface area (Å²) in [4.78, 5) is 49.5. The molecule has 5 heterocycles. The molecule has 0 saturated carbocycles. The Labute approximate surface area is 288 Å². The van der Waals surface area contributed by atoms with Crippen molar-refractivity contribution in [3.05, 3.63) is 66.9 Å². The number of piperazine rings is 1. The number of hydrogen-bond acceptors (Lipinski definition) is 9. The predicted octanol–water partition coefficient (Wildman–Crippen LogP) is 5.45. The lowest BCUT2D eigenvalue weighted by molar-refractivity contribution is -0.137. The highest BCUT2D eigenvalue weighted by Crippen LogP contribution is 2.35. The topological polar surface area (TPSA) is 132 Å². The molecule has 1 atom stereocenters. The first-order chi connectivity index (χ1) is 23.1. The maximum atomic E-state index is 14.4. The van der Waals surface area contributed by atoms with Crippen LogP contribution >= 0.6 is 22.9 Å². The van der Waals surface area contributed by atoms with Gasteiger partial charge in [0, 0.05) is 36.6 Å². The molecule has 2 aliphatic rings. The van der Waals surface area contributed by atoms with Gasteiger partial charge in [-0.2, -0.15) is 22.7 Å². The van der Waals surface area contributed by atoms with Gasteiger partial charge in [-0.3, -0.25) is 14.5 Å². The van der Waals surface area contributed by atoms with Crippen LogP contribution in [0, 0.1) is 0 Å². The summed E-state index contributed by atoms with van der Waals surface area (Å²) in [6.07, 6.45) is -4.19. The number of halogens is 4. The predicted molar refractivity (Wildman–Crippen MR) is 177 cm³/mol. The summed E-state index contributed by atoms with van der Waals surface area (Å²) in [6, 6.07) is 3.81. The second kappa shape index (κ2) is 13.4. The highest BCUT2D eigenvalue weighted by molar-refractivity contribution is 7.15. The first-order valence-electron chi connectivity index (χ1n) is 15.7. The third kappa shape index (κ3) is 7.18. The Kier molecular flexibility index (Phi) is 9.52. The second-order valence-corrected chi connectivity index (χ2v) is 14.3. The molecule has 2 N–H and O–H groups in total. The number of hydrogen-bond donors (Lipinski definition) is 2. The van der Waals surface area contributed by atoms with Crippen LogP contribution in [-0.4, -0.2) is 67.9 Å². The maximum absolute atomic E-state index is 14.4. The normalized spacial score (nSPS) is 16.9. The van der Waals surface area contributed by atoms with Gasteiger partial charge >= 0.3 is 12.3 Å². The van der Waals surface area contributed by atoms with Gasteiger partial charge < -0.3 is 24.7 Å². The fourth-order valence-corrected chi connectivity index (χ4v) is 7.30. The van der Waals surface area contributed by atoms with Crippen LogP contribution in [0.15, 0.2) is 29.1 Å². The Hall–Kier alpha value is -3.99. The minimum Gasteiger partial charge on any atom is -0.444 e. The van der Waals surface area contributed by atoms with Crippen molar-refractivity contribution in [2.24, 2.45) is 0 Å². The summed E-state index contributed by atoms with van der Waals surface area (Å²) in [5, 5.41) is 10.2. The van der Waals surface area contributed by atoms with Crippen LogP contribution in [0.2, 0.25) is 5.02 Å². The third-order valence-electron chi connectivity index (χ3n) is 8.15. The van der Waals surface area contributed by atoms with E-state index in [1.807, 2.05) is 13.0 Å². The summed E-state index contributed by atoms with van der Waals surface area (Å²) in [5.41, 5.74) is -0.562. The molecule has 262 valence electrons. The number of anilines is 1. The van der Waals surface area contributed by atoms with Crippen molar-refractivity contribution in [3.63, 3.8) is 0 Å². The average Bonchev–Trinajstić information content (AvgIpc) is 3.67. The molecule has 0 radical (unpaired) electrons. The van der Waals surface area contributed by atoms with E-state index in [1.54, 1.807) is 25.3 Å². The Balaban J connectivity index is 1.46. The zero-order chi connectivity index (χ0) is 35.2. The van der Waals surface area contributed by atoms with Crippen LogP contribution in [-0.2, 0) is 46.4 Å². The molecular formula is C32H35ClF3N7O5S. The van der Waals surface area contributed by atoms with E-state index in [9.17, 15) is 27.6 Å². The molecule has 1 aromatic carbocycles. The van der Waals surface area contributed by atoms with E-state index in [2.05, 4.69) is 15.7 Å². The summed E-state index contributed by atoms with van der Waals surface area (Å²) in [7, 11) is 0. The molecule has 12 nitrogen and oxygen atoms in total. The molecule has 17 heteroatoms. The van der Waals surface area contributed by atoms with Gasteiger partial charge in [-0.15, -0.1) is 16.4 Å². The Bertz CT molecular complexity index is 1960. The van der Waals surface area contributed by atoms with Gasteiger partial charge in [0.05, 0.1) is 46.0 Å². The van der Waals surface area contributed by atoms with Gasteiger partial charge in [-0.05, 0) is 57.0 Å². The molecular weight excluding hydrogens is 687 g/mol. The van der Waals surface area contributed by atoms with Crippen LogP contribution in [0.1, 0.15) is 61.0 Å². The molecule has 1 fully saturated rings. The molecule has 49 heavy (non-hydrogen) atoms. The number of fused-ring (bicyclic) bond motifs is 2. The smallest absolute Gasteiger partial charge is 0.416 e. The van der Waals surface area contributed by atoms with Crippen LogP contribution in [0.3, 0.4) is 0 Å². The molecule has 1 saturated heterocycles. The van der Waals surface area contributed by atoms with Gasteiger partial charge in [0.15, 0.2) is 5.82 Å². The van der Waals surface area contributed by atoms with Crippen molar-refractivity contribution >= 4 is 46.4 Å². The molecule has 2 amide bonds. The zero-order valence-corrected chi connectivity index (χ0v) is 28.8. The number of amides is 2. The number of alkyl halides is 3. The maximum Gasteiger partial charge on any atom is 0.416 e. The van der Waals surface area contributed by atoms with Crippen molar-refractivity contribution < 1.29 is 32.2 Å². The summed E-state index contributed by atoms with van der Waals surface area (Å²) in [5.74, 6) is -0.266. The minimum absolute atomic E-state index is 0.0175. The van der Waals surface area contributed by atoms with E-state index >= 15 is 0 Å². The number of nitrogens with zero attached hydrogens (tertiary/aromatic N) is 5. The van der Waals surface area contributed by atoms with Crippen molar-refractivity contribution in [1.29, 1.82) is 0 Å². The highest BCUT2D eigenvalue weighted by Gasteiger charge is 2.37. The van der Waals surface area contributed by atoms with E-state index < -0.39 is 47.5 Å². The summed E-state index contributed by atoms with van der Waals surface area (Å²) < 4.78 is 53.6. The molecule has 3 aromatic heterocycles. The first-order valence-corrected chi connectivity index (χ1v) is 16.9. The standard InChI is InChI=1S/C32H35ClF3N7O5S/c1-5-21-26(22-14-37-9-10-41(22)30(46)48-31(2,3)4)28(45)43-29(39-27(40-43)24-12-17-16-47-11-8-23(17)49-24)42(21)15-25(44)38-20-7-6-18(13-19(20)33)32(34,35)36/h6-7,12-13,22,37H,5,8-11,14-16H2,1-4H3,(H,38,44). The zero-order valence-electron chi connectivity index (χ0n) is 27.2. The minimum atomic E-state index is -4.61. The van der Waals surface area contributed by atoms with Crippen LogP contribution in [0.25, 0.3) is 16.5 Å². The number of ether oxygens (including phenoxy) is 2. The Morgan fingerprint density at radius 3 is 2.67 bits per heavy atom. The van der Waals surface area contributed by atoms with Crippen molar-refractivity contribution in [3.8, 4) is 10.7 Å². The number of rotatable bonds is 6. The van der Waals surface area contributed by atoms with Crippen molar-refractivity contribution in [2.75, 3.05) is 31.6 Å². The van der Waals surface area contributed by atoms with E-state index in [0.717, 1.165) is 44.5 Å². The Morgan fingerprint density at radius 2 is 2.00 bits per heavy atom. The number of carbonyl (C=O) groups is 2. The largest absolute Gasteiger partial charge is 0.444 e. The molecule has 1 unspecified atom stereocenters. The number of aromatic nitrogens is 4.